The van der Waals surface area contributed by atoms with E-state index in [4.69, 9.17) is 11.6 Å². The summed E-state index contributed by atoms with van der Waals surface area (Å²) < 4.78 is 0. The summed E-state index contributed by atoms with van der Waals surface area (Å²) >= 11 is 5.81. The summed E-state index contributed by atoms with van der Waals surface area (Å²) in [6.07, 6.45) is 0.679. The van der Waals surface area contributed by atoms with E-state index in [0.717, 1.165) is 5.56 Å². The van der Waals surface area contributed by atoms with Gasteiger partial charge in [0.2, 0.25) is 0 Å². The van der Waals surface area contributed by atoms with E-state index in [1.54, 1.807) is 26.1 Å². The van der Waals surface area contributed by atoms with Gasteiger partial charge in [-0.2, -0.15) is 0 Å². The van der Waals surface area contributed by atoms with Crippen molar-refractivity contribution in [3.8, 4) is 0 Å². The Balaban J connectivity index is 2.64. The standard InChI is InChI=1S/C15H21ClN2O3/c1-4-10(2)13(14(19)20)17-15(21)18(3)9-11-5-7-12(16)8-6-11/h5-8,10,13H,4,9H2,1-3H3,(H,17,21)(H,19,20). The molecule has 0 bridgehead atoms. The zero-order chi connectivity index (χ0) is 16.0. The SMILES string of the molecule is CCC(C)C(NC(=O)N(C)Cc1ccc(Cl)cc1)C(=O)O. The Morgan fingerprint density at radius 2 is 1.90 bits per heavy atom. The maximum atomic E-state index is 12.1. The molecule has 1 aromatic carbocycles. The molecule has 21 heavy (non-hydrogen) atoms. The summed E-state index contributed by atoms with van der Waals surface area (Å²) in [5.41, 5.74) is 0.924. The quantitative estimate of drug-likeness (QED) is 0.848. The van der Waals surface area contributed by atoms with Crippen LogP contribution < -0.4 is 5.32 Å². The maximum Gasteiger partial charge on any atom is 0.326 e. The average molecular weight is 313 g/mol. The third-order valence-electron chi connectivity index (χ3n) is 3.44. The van der Waals surface area contributed by atoms with Crippen molar-refractivity contribution in [3.63, 3.8) is 0 Å². The first kappa shape index (κ1) is 17.3. The molecule has 2 unspecified atom stereocenters. The van der Waals surface area contributed by atoms with Crippen LogP contribution in [0.5, 0.6) is 0 Å². The van der Waals surface area contributed by atoms with Gasteiger partial charge in [0.25, 0.3) is 0 Å². The van der Waals surface area contributed by atoms with Gasteiger partial charge in [-0.3, -0.25) is 0 Å². The lowest BCUT2D eigenvalue weighted by Gasteiger charge is -2.24. The van der Waals surface area contributed by atoms with E-state index < -0.39 is 18.0 Å². The van der Waals surface area contributed by atoms with Crippen molar-refractivity contribution in [2.24, 2.45) is 5.92 Å². The number of benzene rings is 1. The molecule has 0 aliphatic rings. The van der Waals surface area contributed by atoms with Crippen molar-refractivity contribution in [3.05, 3.63) is 34.9 Å². The van der Waals surface area contributed by atoms with Crippen LogP contribution in [0.4, 0.5) is 4.79 Å². The number of nitrogens with one attached hydrogen (secondary N) is 1. The predicted molar refractivity (Wildman–Crippen MR) is 82.3 cm³/mol. The van der Waals surface area contributed by atoms with E-state index in [1.165, 1.54) is 4.90 Å². The second-order valence-corrected chi connectivity index (χ2v) is 5.57. The zero-order valence-corrected chi connectivity index (χ0v) is 13.2. The van der Waals surface area contributed by atoms with Gasteiger partial charge in [0, 0.05) is 18.6 Å². The lowest BCUT2D eigenvalue weighted by Crippen LogP contribution is -2.49. The smallest absolute Gasteiger partial charge is 0.326 e. The third-order valence-corrected chi connectivity index (χ3v) is 3.69. The number of amides is 2. The molecule has 0 heterocycles. The molecular formula is C15H21ClN2O3. The monoisotopic (exact) mass is 312 g/mol. The summed E-state index contributed by atoms with van der Waals surface area (Å²) in [7, 11) is 1.62. The van der Waals surface area contributed by atoms with E-state index in [0.29, 0.717) is 18.0 Å². The Labute approximate surface area is 129 Å². The molecule has 2 amide bonds. The van der Waals surface area contributed by atoms with E-state index >= 15 is 0 Å². The lowest BCUT2D eigenvalue weighted by molar-refractivity contribution is -0.140. The van der Waals surface area contributed by atoms with Gasteiger partial charge in [-0.15, -0.1) is 0 Å². The molecule has 0 saturated carbocycles. The Morgan fingerprint density at radius 1 is 1.33 bits per heavy atom. The van der Waals surface area contributed by atoms with Gasteiger partial charge < -0.3 is 15.3 Å². The number of carboxylic acid groups (broad SMARTS) is 1. The number of hydrogen-bond donors (Lipinski definition) is 2. The van der Waals surface area contributed by atoms with E-state index in [-0.39, 0.29) is 5.92 Å². The number of nitrogens with zero attached hydrogens (tertiary/aromatic N) is 1. The highest BCUT2D eigenvalue weighted by Crippen LogP contribution is 2.12. The first-order valence-electron chi connectivity index (χ1n) is 6.84. The molecule has 0 spiro atoms. The third kappa shape index (κ3) is 5.27. The number of rotatable bonds is 6. The minimum absolute atomic E-state index is 0.129. The average Bonchev–Trinajstić information content (AvgIpc) is 2.45. The van der Waals surface area contributed by atoms with Crippen LogP contribution >= 0.6 is 11.6 Å². The van der Waals surface area contributed by atoms with Crippen molar-refractivity contribution < 1.29 is 14.7 Å². The van der Waals surface area contributed by atoms with E-state index in [1.807, 2.05) is 19.1 Å². The molecule has 2 atom stereocenters. The molecule has 0 aliphatic carbocycles. The fourth-order valence-electron chi connectivity index (χ4n) is 1.86. The van der Waals surface area contributed by atoms with Crippen LogP contribution in [0.3, 0.4) is 0 Å². The highest BCUT2D eigenvalue weighted by molar-refractivity contribution is 6.30. The maximum absolute atomic E-state index is 12.1. The lowest BCUT2D eigenvalue weighted by atomic mass is 9.99. The van der Waals surface area contributed by atoms with Gasteiger partial charge in [0.05, 0.1) is 0 Å². The molecule has 0 aliphatic heterocycles. The highest BCUT2D eigenvalue weighted by Gasteiger charge is 2.26. The molecule has 2 N–H and O–H groups in total. The molecule has 1 aromatic rings. The number of hydrogen-bond acceptors (Lipinski definition) is 2. The summed E-state index contributed by atoms with van der Waals surface area (Å²) in [5, 5.41) is 12.4. The minimum Gasteiger partial charge on any atom is -0.480 e. The molecule has 0 saturated heterocycles. The van der Waals surface area contributed by atoms with Crippen LogP contribution in [0.2, 0.25) is 5.02 Å². The second-order valence-electron chi connectivity index (χ2n) is 5.13. The number of carbonyl (C=O) groups is 2. The predicted octanol–water partition coefficient (Wildman–Crippen LogP) is 2.98. The number of halogens is 1. The molecule has 1 rings (SSSR count). The number of carboxylic acids is 1. The van der Waals surface area contributed by atoms with Crippen molar-refractivity contribution >= 4 is 23.6 Å². The van der Waals surface area contributed by atoms with Gasteiger partial charge in [-0.1, -0.05) is 44.0 Å². The van der Waals surface area contributed by atoms with Gasteiger partial charge in [0.1, 0.15) is 6.04 Å². The molecule has 6 heteroatoms. The van der Waals surface area contributed by atoms with Crippen LogP contribution in [-0.4, -0.2) is 35.1 Å². The van der Waals surface area contributed by atoms with Crippen LogP contribution in [0.25, 0.3) is 0 Å². The summed E-state index contributed by atoms with van der Waals surface area (Å²) in [5.74, 6) is -1.15. The first-order valence-corrected chi connectivity index (χ1v) is 7.21. The summed E-state index contributed by atoms with van der Waals surface area (Å²) in [6.45, 7) is 4.08. The zero-order valence-electron chi connectivity index (χ0n) is 12.5. The van der Waals surface area contributed by atoms with Gasteiger partial charge >= 0.3 is 12.0 Å². The minimum atomic E-state index is -1.02. The Morgan fingerprint density at radius 3 is 2.38 bits per heavy atom. The molecule has 116 valence electrons. The normalized spacial score (nSPS) is 13.3. The molecule has 0 fully saturated rings. The summed E-state index contributed by atoms with van der Waals surface area (Å²) in [6, 6.07) is 5.88. The van der Waals surface area contributed by atoms with Gasteiger partial charge in [0.15, 0.2) is 0 Å². The fourth-order valence-corrected chi connectivity index (χ4v) is 1.99. The topological polar surface area (TPSA) is 69.6 Å². The van der Waals surface area contributed by atoms with Crippen LogP contribution in [0.15, 0.2) is 24.3 Å². The van der Waals surface area contributed by atoms with Gasteiger partial charge in [-0.05, 0) is 23.6 Å². The van der Waals surface area contributed by atoms with Crippen LogP contribution in [-0.2, 0) is 11.3 Å². The number of aliphatic carboxylic acids is 1. The highest BCUT2D eigenvalue weighted by atomic mass is 35.5. The van der Waals surface area contributed by atoms with Crippen molar-refractivity contribution in [1.29, 1.82) is 0 Å². The van der Waals surface area contributed by atoms with Gasteiger partial charge in [-0.25, -0.2) is 9.59 Å². The van der Waals surface area contributed by atoms with Crippen LogP contribution in [0, 0.1) is 5.92 Å². The first-order chi connectivity index (χ1) is 9.85. The Bertz CT molecular complexity index is 490. The summed E-state index contributed by atoms with van der Waals surface area (Å²) in [4.78, 5) is 24.7. The van der Waals surface area contributed by atoms with Crippen molar-refractivity contribution in [2.45, 2.75) is 32.9 Å². The van der Waals surface area contributed by atoms with E-state index in [9.17, 15) is 14.7 Å². The van der Waals surface area contributed by atoms with Crippen molar-refractivity contribution in [1.82, 2.24) is 10.2 Å². The van der Waals surface area contributed by atoms with Crippen molar-refractivity contribution in [2.75, 3.05) is 7.05 Å². The molecule has 5 nitrogen and oxygen atoms in total. The fraction of sp³-hybridized carbons (Fsp3) is 0.467. The number of urea groups is 1. The second kappa shape index (κ2) is 7.88. The largest absolute Gasteiger partial charge is 0.480 e. The Hall–Kier alpha value is -1.75. The van der Waals surface area contributed by atoms with E-state index in [2.05, 4.69) is 5.32 Å². The number of carbonyl (C=O) groups excluding carboxylic acids is 1. The Kier molecular flexibility index (Phi) is 6.49. The van der Waals surface area contributed by atoms with Crippen LogP contribution in [0.1, 0.15) is 25.8 Å². The molecule has 0 aromatic heterocycles. The molecule has 0 radical (unpaired) electrons. The molecular weight excluding hydrogens is 292 g/mol.